The molecule has 114 valence electrons. The second-order valence-electron chi connectivity index (χ2n) is 6.32. The van der Waals surface area contributed by atoms with Crippen molar-refractivity contribution in [2.24, 2.45) is 5.92 Å². The molecule has 1 saturated carbocycles. The molecule has 2 rings (SSSR count). The summed E-state index contributed by atoms with van der Waals surface area (Å²) in [5.74, 6) is -0.629. The smallest absolute Gasteiger partial charge is 0.339 e. The number of carbonyl (C=O) groups is 1. The quantitative estimate of drug-likeness (QED) is 0.682. The van der Waals surface area contributed by atoms with Gasteiger partial charge in [-0.3, -0.25) is 0 Å². The Bertz CT molecular complexity index is 521. The molecule has 1 aromatic carbocycles. The molecule has 0 aliphatic heterocycles. The summed E-state index contributed by atoms with van der Waals surface area (Å²) >= 11 is 0. The van der Waals surface area contributed by atoms with Crippen molar-refractivity contribution in [3.8, 4) is 0 Å². The van der Waals surface area contributed by atoms with Crippen molar-refractivity contribution < 1.29 is 14.6 Å². The fourth-order valence-corrected chi connectivity index (χ4v) is 3.21. The van der Waals surface area contributed by atoms with Crippen molar-refractivity contribution >= 4 is 5.97 Å². The molecule has 21 heavy (non-hydrogen) atoms. The molecule has 3 atom stereocenters. The fourth-order valence-electron chi connectivity index (χ4n) is 3.21. The monoisotopic (exact) mass is 288 g/mol. The van der Waals surface area contributed by atoms with Gasteiger partial charge in [0.1, 0.15) is 0 Å². The number of aliphatic hydroxyl groups is 1. The largest absolute Gasteiger partial charge is 0.461 e. The first-order chi connectivity index (χ1) is 9.84. The van der Waals surface area contributed by atoms with E-state index in [4.69, 9.17) is 4.74 Å². The summed E-state index contributed by atoms with van der Waals surface area (Å²) in [7, 11) is 0. The van der Waals surface area contributed by atoms with Crippen molar-refractivity contribution in [2.75, 3.05) is 0 Å². The summed E-state index contributed by atoms with van der Waals surface area (Å²) in [5.41, 5.74) is 0.519. The van der Waals surface area contributed by atoms with E-state index in [0.29, 0.717) is 6.42 Å². The predicted molar refractivity (Wildman–Crippen MR) is 82.9 cm³/mol. The third-order valence-corrected chi connectivity index (χ3v) is 4.22. The van der Waals surface area contributed by atoms with Crippen molar-refractivity contribution in [1.29, 1.82) is 0 Å². The third-order valence-electron chi connectivity index (χ3n) is 4.22. The molecule has 0 spiro atoms. The first-order valence-corrected chi connectivity index (χ1v) is 7.48. The van der Waals surface area contributed by atoms with Crippen LogP contribution in [0.2, 0.25) is 0 Å². The summed E-state index contributed by atoms with van der Waals surface area (Å²) in [5, 5.41) is 10.9. The zero-order chi connectivity index (χ0) is 15.6. The van der Waals surface area contributed by atoms with E-state index in [2.05, 4.69) is 6.58 Å². The van der Waals surface area contributed by atoms with Crippen LogP contribution < -0.4 is 0 Å². The SMILES string of the molecule is C=C(C)[C@@H]1CC(c2ccccc2)C[C@@]1(O)C(=O)OC(C)C. The van der Waals surface area contributed by atoms with Crippen LogP contribution >= 0.6 is 0 Å². The summed E-state index contributed by atoms with van der Waals surface area (Å²) in [6.07, 6.45) is 0.881. The number of hydrogen-bond acceptors (Lipinski definition) is 3. The Morgan fingerprint density at radius 1 is 1.38 bits per heavy atom. The number of hydrogen-bond donors (Lipinski definition) is 1. The van der Waals surface area contributed by atoms with Gasteiger partial charge in [-0.2, -0.15) is 0 Å². The van der Waals surface area contributed by atoms with Crippen LogP contribution in [0.3, 0.4) is 0 Å². The van der Waals surface area contributed by atoms with Gasteiger partial charge in [0, 0.05) is 5.92 Å². The molecule has 3 nitrogen and oxygen atoms in total. The number of benzene rings is 1. The molecular weight excluding hydrogens is 264 g/mol. The highest BCUT2D eigenvalue weighted by Gasteiger charge is 2.53. The molecule has 1 unspecified atom stereocenters. The minimum atomic E-state index is -1.46. The van der Waals surface area contributed by atoms with E-state index in [1.807, 2.05) is 37.3 Å². The molecule has 1 aliphatic carbocycles. The summed E-state index contributed by atoms with van der Waals surface area (Å²) in [6, 6.07) is 10.0. The molecule has 1 aliphatic rings. The lowest BCUT2D eigenvalue weighted by Crippen LogP contribution is -2.44. The molecule has 0 saturated heterocycles. The van der Waals surface area contributed by atoms with E-state index in [1.54, 1.807) is 13.8 Å². The van der Waals surface area contributed by atoms with E-state index in [1.165, 1.54) is 0 Å². The molecule has 3 heteroatoms. The van der Waals surface area contributed by atoms with E-state index in [-0.39, 0.29) is 17.9 Å². The lowest BCUT2D eigenvalue weighted by molar-refractivity contribution is -0.172. The number of ether oxygens (including phenoxy) is 1. The van der Waals surface area contributed by atoms with Crippen molar-refractivity contribution in [1.82, 2.24) is 0 Å². The van der Waals surface area contributed by atoms with Gasteiger partial charge >= 0.3 is 5.97 Å². The van der Waals surface area contributed by atoms with Crippen LogP contribution in [-0.4, -0.2) is 22.8 Å². The number of rotatable bonds is 4. The average Bonchev–Trinajstić information content (AvgIpc) is 2.79. The number of esters is 1. The van der Waals surface area contributed by atoms with Gasteiger partial charge in [0.2, 0.25) is 0 Å². The maximum Gasteiger partial charge on any atom is 0.339 e. The Balaban J connectivity index is 2.27. The molecule has 0 bridgehead atoms. The molecule has 1 N–H and O–H groups in total. The summed E-state index contributed by atoms with van der Waals surface area (Å²) < 4.78 is 5.27. The van der Waals surface area contributed by atoms with Gasteiger partial charge in [-0.15, -0.1) is 0 Å². The highest BCUT2D eigenvalue weighted by molar-refractivity contribution is 5.81. The molecule has 0 heterocycles. The Hall–Kier alpha value is -1.61. The minimum absolute atomic E-state index is 0.151. The van der Waals surface area contributed by atoms with Crippen LogP contribution in [0.25, 0.3) is 0 Å². The van der Waals surface area contributed by atoms with Gasteiger partial charge in [-0.1, -0.05) is 42.5 Å². The van der Waals surface area contributed by atoms with Crippen LogP contribution in [0.1, 0.15) is 45.1 Å². The molecule has 1 aromatic rings. The second kappa shape index (κ2) is 6.02. The van der Waals surface area contributed by atoms with E-state index in [0.717, 1.165) is 17.6 Å². The van der Waals surface area contributed by atoms with Gasteiger partial charge in [0.25, 0.3) is 0 Å². The lowest BCUT2D eigenvalue weighted by atomic mass is 9.86. The van der Waals surface area contributed by atoms with Gasteiger partial charge in [-0.05, 0) is 45.1 Å². The standard InChI is InChI=1S/C18H24O3/c1-12(2)16-10-15(14-8-6-5-7-9-14)11-18(16,20)17(19)21-13(3)4/h5-9,13,15-16,20H,1,10-11H2,2-4H3/t15?,16-,18-/m0/s1. The van der Waals surface area contributed by atoms with Crippen LogP contribution in [0.15, 0.2) is 42.5 Å². The van der Waals surface area contributed by atoms with Crippen LogP contribution in [0, 0.1) is 5.92 Å². The predicted octanol–water partition coefficient (Wildman–Crippen LogP) is 3.44. The van der Waals surface area contributed by atoms with Crippen molar-refractivity contribution in [3.63, 3.8) is 0 Å². The highest BCUT2D eigenvalue weighted by Crippen LogP contribution is 2.48. The Morgan fingerprint density at radius 2 is 2.00 bits per heavy atom. The first-order valence-electron chi connectivity index (χ1n) is 7.48. The molecular formula is C18H24O3. The van der Waals surface area contributed by atoms with Gasteiger partial charge in [0.05, 0.1) is 6.10 Å². The van der Waals surface area contributed by atoms with Crippen LogP contribution in [0.5, 0.6) is 0 Å². The van der Waals surface area contributed by atoms with Crippen molar-refractivity contribution in [2.45, 2.75) is 51.2 Å². The van der Waals surface area contributed by atoms with Gasteiger partial charge < -0.3 is 9.84 Å². The zero-order valence-corrected chi connectivity index (χ0v) is 13.0. The summed E-state index contributed by atoms with van der Waals surface area (Å²) in [4.78, 5) is 12.4. The average molecular weight is 288 g/mol. The summed E-state index contributed by atoms with van der Waals surface area (Å²) in [6.45, 7) is 9.41. The maximum absolute atomic E-state index is 12.4. The molecule has 0 amide bonds. The third kappa shape index (κ3) is 3.18. The Morgan fingerprint density at radius 3 is 2.52 bits per heavy atom. The van der Waals surface area contributed by atoms with E-state index in [9.17, 15) is 9.90 Å². The normalized spacial score (nSPS) is 28.6. The van der Waals surface area contributed by atoms with Crippen LogP contribution in [-0.2, 0) is 9.53 Å². The van der Waals surface area contributed by atoms with Gasteiger partial charge in [0.15, 0.2) is 5.60 Å². The Labute approximate surface area is 126 Å². The van der Waals surface area contributed by atoms with Gasteiger partial charge in [-0.25, -0.2) is 4.79 Å². The lowest BCUT2D eigenvalue weighted by Gasteiger charge is -2.29. The Kier molecular flexibility index (Phi) is 4.52. The minimum Gasteiger partial charge on any atom is -0.461 e. The molecule has 0 aromatic heterocycles. The highest BCUT2D eigenvalue weighted by atomic mass is 16.6. The first kappa shape index (κ1) is 15.8. The second-order valence-corrected chi connectivity index (χ2v) is 6.32. The fraction of sp³-hybridized carbons (Fsp3) is 0.500. The van der Waals surface area contributed by atoms with E-state index < -0.39 is 11.6 Å². The molecule has 1 fully saturated rings. The van der Waals surface area contributed by atoms with Crippen molar-refractivity contribution in [3.05, 3.63) is 48.0 Å². The zero-order valence-electron chi connectivity index (χ0n) is 13.0. The maximum atomic E-state index is 12.4. The van der Waals surface area contributed by atoms with E-state index >= 15 is 0 Å². The topological polar surface area (TPSA) is 46.5 Å². The number of carbonyl (C=O) groups excluding carboxylic acids is 1. The van der Waals surface area contributed by atoms with Crippen LogP contribution in [0.4, 0.5) is 0 Å². The molecule has 0 radical (unpaired) electrons.